The highest BCUT2D eigenvalue weighted by Gasteiger charge is 2.25. The Kier molecular flexibility index (Phi) is 6.69. The molecular formula is C20H21ClFN3O3S. The lowest BCUT2D eigenvalue weighted by Crippen LogP contribution is -2.41. The number of hydrogen-bond donors (Lipinski definition) is 1. The average Bonchev–Trinajstić information content (AvgIpc) is 2.74. The van der Waals surface area contributed by atoms with Gasteiger partial charge in [0.1, 0.15) is 5.82 Å². The highest BCUT2D eigenvalue weighted by atomic mass is 35.5. The molecular weight excluding hydrogens is 417 g/mol. The van der Waals surface area contributed by atoms with Crippen LogP contribution >= 0.6 is 11.6 Å². The number of benzene rings is 2. The molecule has 1 amide bonds. The fourth-order valence-electron chi connectivity index (χ4n) is 2.94. The molecule has 1 unspecified atom stereocenters. The molecule has 154 valence electrons. The Morgan fingerprint density at radius 3 is 2.66 bits per heavy atom. The normalized spacial score (nSPS) is 17.6. The monoisotopic (exact) mass is 437 g/mol. The summed E-state index contributed by atoms with van der Waals surface area (Å²) in [7, 11) is -2.87. The summed E-state index contributed by atoms with van der Waals surface area (Å²) >= 11 is 5.90. The number of carbonyl (C=O) groups excluding carboxylic acids is 1. The van der Waals surface area contributed by atoms with E-state index in [-0.39, 0.29) is 16.8 Å². The Bertz CT molecular complexity index is 1050. The fraction of sp³-hybridized carbons (Fsp3) is 0.250. The topological polar surface area (TPSA) is 71.0 Å². The maximum atomic E-state index is 14.0. The second kappa shape index (κ2) is 9.04. The van der Waals surface area contributed by atoms with Crippen LogP contribution in [-0.4, -0.2) is 52.3 Å². The average molecular weight is 438 g/mol. The Morgan fingerprint density at radius 2 is 1.93 bits per heavy atom. The molecule has 0 bridgehead atoms. The minimum Gasteiger partial charge on any atom is -0.379 e. The maximum absolute atomic E-state index is 14.0. The van der Waals surface area contributed by atoms with Crippen molar-refractivity contribution in [2.45, 2.75) is 11.8 Å². The van der Waals surface area contributed by atoms with Gasteiger partial charge in [-0.05, 0) is 43.1 Å². The second-order valence-corrected chi connectivity index (χ2v) is 9.11. The SMILES string of the molecule is C=S(=O)(c1ccccc1C(=O)N/N=C(\C)c1cc(Cl)ccc1F)N1CCOCC1. The van der Waals surface area contributed by atoms with Crippen molar-refractivity contribution in [2.75, 3.05) is 26.3 Å². The van der Waals surface area contributed by atoms with Gasteiger partial charge in [-0.3, -0.25) is 4.79 Å². The van der Waals surface area contributed by atoms with Crippen molar-refractivity contribution in [3.63, 3.8) is 0 Å². The Balaban J connectivity index is 1.86. The smallest absolute Gasteiger partial charge is 0.272 e. The largest absolute Gasteiger partial charge is 0.379 e. The Morgan fingerprint density at radius 1 is 1.24 bits per heavy atom. The van der Waals surface area contributed by atoms with Crippen molar-refractivity contribution in [3.05, 3.63) is 64.4 Å². The van der Waals surface area contributed by atoms with Crippen molar-refractivity contribution in [2.24, 2.45) is 5.10 Å². The van der Waals surface area contributed by atoms with E-state index in [1.165, 1.54) is 18.2 Å². The molecule has 0 saturated carbocycles. The van der Waals surface area contributed by atoms with Gasteiger partial charge in [-0.25, -0.2) is 18.3 Å². The summed E-state index contributed by atoms with van der Waals surface area (Å²) < 4.78 is 34.4. The maximum Gasteiger partial charge on any atom is 0.272 e. The van der Waals surface area contributed by atoms with E-state index in [0.717, 1.165) is 0 Å². The van der Waals surface area contributed by atoms with Crippen molar-refractivity contribution in [1.29, 1.82) is 0 Å². The van der Waals surface area contributed by atoms with E-state index in [9.17, 15) is 13.4 Å². The van der Waals surface area contributed by atoms with Crippen LogP contribution in [0.5, 0.6) is 0 Å². The molecule has 1 fully saturated rings. The molecule has 1 aliphatic heterocycles. The second-order valence-electron chi connectivity index (χ2n) is 6.44. The summed E-state index contributed by atoms with van der Waals surface area (Å²) in [5, 5.41) is 4.34. The van der Waals surface area contributed by atoms with Crippen molar-refractivity contribution in [3.8, 4) is 0 Å². The van der Waals surface area contributed by atoms with E-state index in [1.807, 2.05) is 0 Å². The van der Waals surface area contributed by atoms with Gasteiger partial charge >= 0.3 is 0 Å². The molecule has 6 nitrogen and oxygen atoms in total. The number of nitrogens with zero attached hydrogens (tertiary/aromatic N) is 2. The predicted molar refractivity (Wildman–Crippen MR) is 113 cm³/mol. The number of hydrogen-bond acceptors (Lipinski definition) is 4. The number of carbonyl (C=O) groups is 1. The molecule has 0 radical (unpaired) electrons. The van der Waals surface area contributed by atoms with E-state index in [0.29, 0.717) is 36.2 Å². The van der Waals surface area contributed by atoms with Gasteiger partial charge in [-0.15, -0.1) is 0 Å². The third-order valence-corrected chi connectivity index (χ3v) is 6.98. The first-order chi connectivity index (χ1) is 13.8. The van der Waals surface area contributed by atoms with Gasteiger partial charge in [-0.2, -0.15) is 5.10 Å². The van der Waals surface area contributed by atoms with E-state index in [2.05, 4.69) is 16.4 Å². The van der Waals surface area contributed by atoms with Crippen LogP contribution in [0.2, 0.25) is 5.02 Å². The summed E-state index contributed by atoms with van der Waals surface area (Å²) in [6.07, 6.45) is 0. The quantitative estimate of drug-likeness (QED) is 0.444. The van der Waals surface area contributed by atoms with Crippen molar-refractivity contribution in [1.82, 2.24) is 9.73 Å². The standard InChI is InChI=1S/C20H21ClFN3O3S/c1-14(17-13-15(21)7-8-18(17)22)23-24-20(26)16-5-3-4-6-19(16)29(2,27)25-9-11-28-12-10-25/h3-8,13H,2,9-12H2,1H3,(H,24,26)/b23-14+. The van der Waals surface area contributed by atoms with Gasteiger partial charge in [0.25, 0.3) is 5.91 Å². The van der Waals surface area contributed by atoms with E-state index >= 15 is 0 Å². The first-order valence-electron chi connectivity index (χ1n) is 8.90. The molecule has 9 heteroatoms. The van der Waals surface area contributed by atoms with Gasteiger partial charge in [0.2, 0.25) is 0 Å². The summed E-state index contributed by atoms with van der Waals surface area (Å²) in [5.41, 5.74) is 3.03. The van der Waals surface area contributed by atoms with Crippen LogP contribution in [0.15, 0.2) is 52.5 Å². The Labute approximate surface area is 174 Å². The van der Waals surface area contributed by atoms with Crippen LogP contribution in [-0.2, 0) is 14.4 Å². The molecule has 0 aliphatic carbocycles. The minimum atomic E-state index is -2.87. The van der Waals surface area contributed by atoms with Crippen molar-refractivity contribution >= 4 is 38.8 Å². The van der Waals surface area contributed by atoms with E-state index in [4.69, 9.17) is 16.3 Å². The number of amides is 1. The van der Waals surface area contributed by atoms with Crippen LogP contribution < -0.4 is 5.43 Å². The third kappa shape index (κ3) is 4.84. The third-order valence-electron chi connectivity index (χ3n) is 4.51. The molecule has 0 aromatic heterocycles. The molecule has 3 rings (SSSR count). The zero-order valence-electron chi connectivity index (χ0n) is 15.9. The highest BCUT2D eigenvalue weighted by Crippen LogP contribution is 2.21. The van der Waals surface area contributed by atoms with Crippen LogP contribution in [0.1, 0.15) is 22.8 Å². The number of morpholine rings is 1. The van der Waals surface area contributed by atoms with Gasteiger partial charge in [0, 0.05) is 23.7 Å². The molecule has 29 heavy (non-hydrogen) atoms. The lowest BCUT2D eigenvalue weighted by atomic mass is 10.1. The zero-order valence-corrected chi connectivity index (χ0v) is 17.4. The van der Waals surface area contributed by atoms with Crippen molar-refractivity contribution < 1.29 is 18.1 Å². The van der Waals surface area contributed by atoms with Crippen LogP contribution in [0.25, 0.3) is 0 Å². The first-order valence-corrected chi connectivity index (χ1v) is 11.0. The minimum absolute atomic E-state index is 0.181. The number of halogens is 2. The van der Waals surface area contributed by atoms with E-state index in [1.54, 1.807) is 35.5 Å². The highest BCUT2D eigenvalue weighted by molar-refractivity contribution is 7.98. The first kappa shape index (κ1) is 21.4. The molecule has 1 N–H and O–H groups in total. The summed E-state index contributed by atoms with van der Waals surface area (Å²) in [5.74, 6) is 2.82. The van der Waals surface area contributed by atoms with Gasteiger partial charge in [0.05, 0.1) is 39.1 Å². The zero-order chi connectivity index (χ0) is 21.0. The van der Waals surface area contributed by atoms with Gasteiger partial charge in [-0.1, -0.05) is 23.7 Å². The van der Waals surface area contributed by atoms with E-state index < -0.39 is 21.4 Å². The lowest BCUT2D eigenvalue weighted by Gasteiger charge is -2.30. The van der Waals surface area contributed by atoms with Gasteiger partial charge in [0.15, 0.2) is 0 Å². The fourth-order valence-corrected chi connectivity index (χ4v) is 4.93. The number of nitrogens with one attached hydrogen (secondary N) is 1. The molecule has 2 aromatic rings. The molecule has 1 saturated heterocycles. The number of hydrazone groups is 1. The number of ether oxygens (including phenoxy) is 1. The lowest BCUT2D eigenvalue weighted by molar-refractivity contribution is 0.0749. The molecule has 1 aliphatic rings. The molecule has 1 atom stereocenters. The van der Waals surface area contributed by atoms with Gasteiger partial charge < -0.3 is 4.74 Å². The Hall–Kier alpha value is -2.26. The van der Waals surface area contributed by atoms with Crippen LogP contribution in [0.4, 0.5) is 4.39 Å². The summed E-state index contributed by atoms with van der Waals surface area (Å²) in [4.78, 5) is 13.1. The number of rotatable bonds is 5. The molecule has 1 heterocycles. The van der Waals surface area contributed by atoms with Crippen LogP contribution in [0.3, 0.4) is 0 Å². The summed E-state index contributed by atoms with van der Waals surface area (Å²) in [6, 6.07) is 10.6. The molecule has 2 aromatic carbocycles. The summed E-state index contributed by atoms with van der Waals surface area (Å²) in [6.45, 7) is 3.39. The predicted octanol–water partition coefficient (Wildman–Crippen LogP) is 2.96. The van der Waals surface area contributed by atoms with Crippen LogP contribution in [0, 0.1) is 5.82 Å². The molecule has 0 spiro atoms.